The van der Waals surface area contributed by atoms with Crippen LogP contribution in [0.3, 0.4) is 0 Å². The zero-order valence-corrected chi connectivity index (χ0v) is 15.3. The monoisotopic (exact) mass is 363 g/mol. The van der Waals surface area contributed by atoms with Gasteiger partial charge >= 0.3 is 0 Å². The van der Waals surface area contributed by atoms with E-state index in [1.807, 2.05) is 34.9 Å². The molecule has 5 nitrogen and oxygen atoms in total. The third-order valence-corrected chi connectivity index (χ3v) is 4.47. The molecule has 1 atom stereocenters. The van der Waals surface area contributed by atoms with Gasteiger partial charge in [0.15, 0.2) is 0 Å². The van der Waals surface area contributed by atoms with Crippen molar-refractivity contribution >= 4 is 28.6 Å². The van der Waals surface area contributed by atoms with Crippen molar-refractivity contribution in [2.75, 3.05) is 5.32 Å². The van der Waals surface area contributed by atoms with Gasteiger partial charge in [0.2, 0.25) is 5.95 Å². The summed E-state index contributed by atoms with van der Waals surface area (Å²) >= 11 is 6.25. The lowest BCUT2D eigenvalue weighted by Crippen LogP contribution is -2.11. The summed E-state index contributed by atoms with van der Waals surface area (Å²) in [6, 6.07) is 18.1. The second kappa shape index (κ2) is 6.77. The third-order valence-electron chi connectivity index (χ3n) is 4.28. The first kappa shape index (κ1) is 16.5. The summed E-state index contributed by atoms with van der Waals surface area (Å²) in [7, 11) is 0. The van der Waals surface area contributed by atoms with Gasteiger partial charge in [-0.15, -0.1) is 0 Å². The van der Waals surface area contributed by atoms with Gasteiger partial charge in [0.1, 0.15) is 17.3 Å². The summed E-state index contributed by atoms with van der Waals surface area (Å²) in [5.41, 5.74) is 4.22. The van der Waals surface area contributed by atoms with Crippen LogP contribution in [0.5, 0.6) is 0 Å². The summed E-state index contributed by atoms with van der Waals surface area (Å²) in [6.07, 6.45) is 1.76. The lowest BCUT2D eigenvalue weighted by Gasteiger charge is -2.15. The van der Waals surface area contributed by atoms with Crippen molar-refractivity contribution in [3.05, 3.63) is 77.2 Å². The summed E-state index contributed by atoms with van der Waals surface area (Å²) in [5, 5.41) is 3.70. The van der Waals surface area contributed by atoms with E-state index in [-0.39, 0.29) is 6.04 Å². The van der Waals surface area contributed by atoms with Crippen molar-refractivity contribution in [2.24, 2.45) is 0 Å². The Morgan fingerprint density at radius 1 is 1.04 bits per heavy atom. The Morgan fingerprint density at radius 2 is 1.85 bits per heavy atom. The van der Waals surface area contributed by atoms with Gasteiger partial charge in [-0.3, -0.25) is 4.57 Å². The van der Waals surface area contributed by atoms with Gasteiger partial charge in [0, 0.05) is 6.07 Å². The number of imidazole rings is 1. The van der Waals surface area contributed by atoms with Crippen LogP contribution in [0.4, 0.5) is 5.95 Å². The number of anilines is 1. The zero-order valence-electron chi connectivity index (χ0n) is 14.5. The molecule has 0 unspecified atom stereocenters. The number of hydrogen-bond donors (Lipinski definition) is 1. The Labute approximate surface area is 156 Å². The Hall–Kier alpha value is -2.92. The van der Waals surface area contributed by atoms with Crippen LogP contribution >= 0.6 is 11.6 Å². The highest BCUT2D eigenvalue weighted by Gasteiger charge is 2.12. The van der Waals surface area contributed by atoms with Crippen molar-refractivity contribution < 1.29 is 0 Å². The van der Waals surface area contributed by atoms with Gasteiger partial charge in [0.05, 0.1) is 17.1 Å². The van der Waals surface area contributed by atoms with Gasteiger partial charge in [-0.05, 0) is 37.1 Å². The molecule has 0 saturated carbocycles. The molecule has 0 fully saturated rings. The Morgan fingerprint density at radius 3 is 2.65 bits per heavy atom. The van der Waals surface area contributed by atoms with E-state index in [2.05, 4.69) is 52.3 Å². The maximum Gasteiger partial charge on any atom is 0.226 e. The molecule has 4 rings (SSSR count). The highest BCUT2D eigenvalue weighted by molar-refractivity contribution is 6.29. The van der Waals surface area contributed by atoms with Crippen molar-refractivity contribution in [1.82, 2.24) is 19.5 Å². The molecule has 0 spiro atoms. The number of halogens is 1. The lowest BCUT2D eigenvalue weighted by atomic mass is 10.1. The summed E-state index contributed by atoms with van der Waals surface area (Å²) in [6.45, 7) is 4.12. The normalized spacial score (nSPS) is 12.3. The van der Waals surface area contributed by atoms with E-state index < -0.39 is 0 Å². The largest absolute Gasteiger partial charge is 0.348 e. The maximum absolute atomic E-state index is 6.25. The number of fused-ring (bicyclic) bond motifs is 1. The minimum absolute atomic E-state index is 0.0595. The third kappa shape index (κ3) is 3.26. The van der Waals surface area contributed by atoms with E-state index in [0.29, 0.717) is 16.9 Å². The van der Waals surface area contributed by atoms with Gasteiger partial charge < -0.3 is 5.32 Å². The van der Waals surface area contributed by atoms with Gasteiger partial charge in [-0.1, -0.05) is 48.0 Å². The number of hydrogen-bond acceptors (Lipinski definition) is 4. The SMILES string of the molecule is Cc1ccc2ncn(-c3cc(Cl)nc(N[C@@H](C)c4ccccc4)n3)c2c1. The molecule has 0 saturated heterocycles. The average Bonchev–Trinajstić information content (AvgIpc) is 3.05. The Bertz CT molecular complexity index is 1060. The van der Waals surface area contributed by atoms with Gasteiger partial charge in [-0.25, -0.2) is 9.97 Å². The molecule has 4 aromatic rings. The fourth-order valence-corrected chi connectivity index (χ4v) is 3.09. The first-order valence-electron chi connectivity index (χ1n) is 8.40. The molecule has 0 aliphatic rings. The molecule has 0 aliphatic carbocycles. The number of nitrogens with zero attached hydrogens (tertiary/aromatic N) is 4. The molecule has 0 radical (unpaired) electrons. The average molecular weight is 364 g/mol. The molecule has 0 aliphatic heterocycles. The quantitative estimate of drug-likeness (QED) is 0.521. The van der Waals surface area contributed by atoms with Gasteiger partial charge in [0.25, 0.3) is 0 Å². The summed E-state index contributed by atoms with van der Waals surface area (Å²) in [4.78, 5) is 13.4. The summed E-state index contributed by atoms with van der Waals surface area (Å²) in [5.74, 6) is 1.17. The van der Waals surface area contributed by atoms with E-state index in [0.717, 1.165) is 22.2 Å². The van der Waals surface area contributed by atoms with E-state index >= 15 is 0 Å². The van der Waals surface area contributed by atoms with Crippen molar-refractivity contribution in [3.63, 3.8) is 0 Å². The van der Waals surface area contributed by atoms with Crippen LogP contribution in [-0.2, 0) is 0 Å². The Kier molecular flexibility index (Phi) is 4.31. The molecule has 0 amide bonds. The van der Waals surface area contributed by atoms with Crippen molar-refractivity contribution in [3.8, 4) is 5.82 Å². The van der Waals surface area contributed by atoms with Crippen LogP contribution in [0.1, 0.15) is 24.1 Å². The molecule has 130 valence electrons. The minimum Gasteiger partial charge on any atom is -0.348 e. The smallest absolute Gasteiger partial charge is 0.226 e. The molecular weight excluding hydrogens is 346 g/mol. The van der Waals surface area contributed by atoms with Crippen LogP contribution in [0.25, 0.3) is 16.9 Å². The van der Waals surface area contributed by atoms with E-state index in [1.165, 1.54) is 0 Å². The molecule has 2 aromatic carbocycles. The van der Waals surface area contributed by atoms with Crippen LogP contribution in [0.2, 0.25) is 5.15 Å². The minimum atomic E-state index is 0.0595. The number of benzene rings is 2. The van der Waals surface area contributed by atoms with Crippen LogP contribution in [0, 0.1) is 6.92 Å². The molecule has 1 N–H and O–H groups in total. The molecular formula is C20H18ClN5. The van der Waals surface area contributed by atoms with E-state index in [9.17, 15) is 0 Å². The van der Waals surface area contributed by atoms with Crippen LogP contribution < -0.4 is 5.32 Å². The van der Waals surface area contributed by atoms with Crippen LogP contribution in [-0.4, -0.2) is 19.5 Å². The molecule has 0 bridgehead atoms. The van der Waals surface area contributed by atoms with E-state index in [1.54, 1.807) is 12.4 Å². The maximum atomic E-state index is 6.25. The standard InChI is InChI=1S/C20H18ClN5/c1-13-8-9-16-17(10-13)26(12-22-16)19-11-18(21)24-20(25-19)23-14(2)15-6-4-3-5-7-15/h3-12,14H,1-2H3,(H,23,24,25)/t14-/m0/s1. The number of rotatable bonds is 4. The van der Waals surface area contributed by atoms with Gasteiger partial charge in [-0.2, -0.15) is 4.98 Å². The second-order valence-electron chi connectivity index (χ2n) is 6.26. The first-order chi connectivity index (χ1) is 12.6. The molecule has 2 aromatic heterocycles. The molecule has 2 heterocycles. The lowest BCUT2D eigenvalue weighted by molar-refractivity contribution is 0.854. The van der Waals surface area contributed by atoms with E-state index in [4.69, 9.17) is 11.6 Å². The zero-order chi connectivity index (χ0) is 18.1. The molecule has 6 heteroatoms. The highest BCUT2D eigenvalue weighted by atomic mass is 35.5. The molecule has 26 heavy (non-hydrogen) atoms. The summed E-state index contributed by atoms with van der Waals surface area (Å²) < 4.78 is 1.92. The predicted molar refractivity (Wildman–Crippen MR) is 105 cm³/mol. The fourth-order valence-electron chi connectivity index (χ4n) is 2.91. The fraction of sp³-hybridized carbons (Fsp3) is 0.150. The number of aryl methyl sites for hydroxylation is 1. The topological polar surface area (TPSA) is 55.6 Å². The second-order valence-corrected chi connectivity index (χ2v) is 6.64. The number of nitrogens with one attached hydrogen (secondary N) is 1. The van der Waals surface area contributed by atoms with Crippen LogP contribution in [0.15, 0.2) is 60.9 Å². The predicted octanol–water partition coefficient (Wildman–Crippen LogP) is 4.95. The van der Waals surface area contributed by atoms with Crippen molar-refractivity contribution in [2.45, 2.75) is 19.9 Å². The Balaban J connectivity index is 1.71. The highest BCUT2D eigenvalue weighted by Crippen LogP contribution is 2.23. The number of aromatic nitrogens is 4. The first-order valence-corrected chi connectivity index (χ1v) is 8.78. The van der Waals surface area contributed by atoms with Crippen molar-refractivity contribution in [1.29, 1.82) is 0 Å².